The van der Waals surface area contributed by atoms with Crippen LogP contribution in [0.15, 0.2) is 30.5 Å². The molecule has 6 rings (SSSR count). The number of benzene rings is 1. The number of anilines is 1. The lowest BCUT2D eigenvalue weighted by Crippen LogP contribution is -2.37. The van der Waals surface area contributed by atoms with Gasteiger partial charge in [-0.05, 0) is 62.4 Å². The SMILES string of the molecule is Cc1ccnc(N2CCC(c3nnc4n3-c3ccc(Cl)cc3CN(CC(F)(F)C3CC3)C4)CC2)n1. The smallest absolute Gasteiger partial charge is 0.263 e. The Morgan fingerprint density at radius 1 is 1.06 bits per heavy atom. The molecule has 0 bridgehead atoms. The molecular formula is C25H28ClF2N7. The fraction of sp³-hybridized carbons (Fsp3) is 0.520. The van der Waals surface area contributed by atoms with E-state index in [0.29, 0.717) is 36.8 Å². The highest BCUT2D eigenvalue weighted by atomic mass is 35.5. The number of fused-ring (bicyclic) bond motifs is 3. The number of nitrogens with zero attached hydrogens (tertiary/aromatic N) is 7. The average Bonchev–Trinajstić information content (AvgIpc) is 3.63. The fourth-order valence-corrected chi connectivity index (χ4v) is 5.52. The summed E-state index contributed by atoms with van der Waals surface area (Å²) in [4.78, 5) is 13.0. The molecule has 0 N–H and O–H groups in total. The summed E-state index contributed by atoms with van der Waals surface area (Å²) in [6, 6.07) is 7.59. The van der Waals surface area contributed by atoms with Crippen molar-refractivity contribution in [3.8, 4) is 5.69 Å². The molecule has 2 fully saturated rings. The molecular weight excluding hydrogens is 472 g/mol. The number of hydrogen-bond acceptors (Lipinski definition) is 6. The van der Waals surface area contributed by atoms with Crippen molar-refractivity contribution in [2.45, 2.75) is 57.5 Å². The van der Waals surface area contributed by atoms with Crippen molar-refractivity contribution in [2.24, 2.45) is 5.92 Å². The van der Waals surface area contributed by atoms with Gasteiger partial charge in [-0.15, -0.1) is 10.2 Å². The van der Waals surface area contributed by atoms with Gasteiger partial charge in [0.1, 0.15) is 5.82 Å². The summed E-state index contributed by atoms with van der Waals surface area (Å²) in [7, 11) is 0. The highest BCUT2D eigenvalue weighted by Gasteiger charge is 2.48. The van der Waals surface area contributed by atoms with E-state index in [1.165, 1.54) is 0 Å². The van der Waals surface area contributed by atoms with E-state index in [4.69, 9.17) is 11.6 Å². The summed E-state index contributed by atoms with van der Waals surface area (Å²) in [5, 5.41) is 9.69. The second-order valence-electron chi connectivity index (χ2n) is 10.0. The molecule has 184 valence electrons. The van der Waals surface area contributed by atoms with Gasteiger partial charge in [-0.3, -0.25) is 9.47 Å². The number of rotatable bonds is 5. The minimum atomic E-state index is -2.69. The molecule has 1 saturated carbocycles. The first-order valence-electron chi connectivity index (χ1n) is 12.2. The van der Waals surface area contributed by atoms with E-state index < -0.39 is 11.8 Å². The maximum absolute atomic E-state index is 14.7. The molecule has 0 unspecified atom stereocenters. The predicted molar refractivity (Wildman–Crippen MR) is 129 cm³/mol. The van der Waals surface area contributed by atoms with Crippen LogP contribution in [0, 0.1) is 12.8 Å². The Labute approximate surface area is 208 Å². The Hall–Kier alpha value is -2.65. The average molecular weight is 500 g/mol. The minimum absolute atomic E-state index is 0.209. The Kier molecular flexibility index (Phi) is 5.72. The summed E-state index contributed by atoms with van der Waals surface area (Å²) >= 11 is 6.32. The van der Waals surface area contributed by atoms with Crippen LogP contribution >= 0.6 is 11.6 Å². The van der Waals surface area contributed by atoms with Crippen LogP contribution < -0.4 is 4.90 Å². The van der Waals surface area contributed by atoms with Gasteiger partial charge in [-0.2, -0.15) is 0 Å². The minimum Gasteiger partial charge on any atom is -0.341 e. The zero-order valence-corrected chi connectivity index (χ0v) is 20.4. The first-order valence-corrected chi connectivity index (χ1v) is 12.6. The van der Waals surface area contributed by atoms with Gasteiger partial charge in [0.25, 0.3) is 5.92 Å². The molecule has 1 saturated heterocycles. The Balaban J connectivity index is 1.28. The van der Waals surface area contributed by atoms with Crippen molar-refractivity contribution in [2.75, 3.05) is 24.5 Å². The standard InChI is InChI=1S/C25H28ClF2N7/c1-16-6-9-29-24(30-16)34-10-7-17(8-11-34)23-32-31-22-14-33(15-25(27,28)19-2-3-19)13-18-12-20(26)4-5-21(18)35(22)23/h4-6,9,12,17,19H,2-3,7-8,10-11,13-15H2,1H3. The van der Waals surface area contributed by atoms with E-state index >= 15 is 0 Å². The Morgan fingerprint density at radius 3 is 2.60 bits per heavy atom. The molecule has 2 aromatic heterocycles. The zero-order valence-electron chi connectivity index (χ0n) is 19.7. The molecule has 7 nitrogen and oxygen atoms in total. The van der Waals surface area contributed by atoms with Crippen LogP contribution in [0.25, 0.3) is 5.69 Å². The number of hydrogen-bond donors (Lipinski definition) is 0. The van der Waals surface area contributed by atoms with E-state index in [0.717, 1.165) is 54.6 Å². The number of halogens is 3. The molecule has 2 aliphatic heterocycles. The second-order valence-corrected chi connectivity index (χ2v) is 10.5. The van der Waals surface area contributed by atoms with E-state index in [2.05, 4.69) is 29.6 Å². The van der Waals surface area contributed by atoms with Crippen molar-refractivity contribution in [1.29, 1.82) is 0 Å². The molecule has 0 amide bonds. The van der Waals surface area contributed by atoms with E-state index in [1.807, 2.05) is 31.2 Å². The van der Waals surface area contributed by atoms with Crippen LogP contribution in [-0.2, 0) is 13.1 Å². The van der Waals surface area contributed by atoms with Crippen LogP contribution in [0.3, 0.4) is 0 Å². The van der Waals surface area contributed by atoms with Crippen molar-refractivity contribution in [3.63, 3.8) is 0 Å². The fourth-order valence-electron chi connectivity index (χ4n) is 5.33. The van der Waals surface area contributed by atoms with Gasteiger partial charge in [0.05, 0.1) is 18.8 Å². The zero-order chi connectivity index (χ0) is 24.2. The number of alkyl halides is 2. The van der Waals surface area contributed by atoms with Gasteiger partial charge in [-0.1, -0.05) is 11.6 Å². The molecule has 35 heavy (non-hydrogen) atoms. The monoisotopic (exact) mass is 499 g/mol. The van der Waals surface area contributed by atoms with Gasteiger partial charge in [0.2, 0.25) is 5.95 Å². The summed E-state index contributed by atoms with van der Waals surface area (Å²) in [6.07, 6.45) is 4.79. The highest BCUT2D eigenvalue weighted by Crippen LogP contribution is 2.44. The normalized spacial score (nSPS) is 19.4. The third-order valence-electron chi connectivity index (χ3n) is 7.33. The molecule has 0 radical (unpaired) electrons. The predicted octanol–water partition coefficient (Wildman–Crippen LogP) is 4.76. The Bertz CT molecular complexity index is 1230. The first-order chi connectivity index (χ1) is 16.9. The van der Waals surface area contributed by atoms with Gasteiger partial charge in [0, 0.05) is 48.4 Å². The van der Waals surface area contributed by atoms with Crippen molar-refractivity contribution < 1.29 is 8.78 Å². The van der Waals surface area contributed by atoms with Crippen LogP contribution in [0.4, 0.5) is 14.7 Å². The highest BCUT2D eigenvalue weighted by molar-refractivity contribution is 6.30. The lowest BCUT2D eigenvalue weighted by Gasteiger charge is -2.31. The summed E-state index contributed by atoms with van der Waals surface area (Å²) in [6.45, 7) is 4.08. The van der Waals surface area contributed by atoms with E-state index in [1.54, 1.807) is 11.1 Å². The van der Waals surface area contributed by atoms with Crippen LogP contribution in [0.2, 0.25) is 5.02 Å². The van der Waals surface area contributed by atoms with E-state index in [-0.39, 0.29) is 12.5 Å². The molecule has 0 atom stereocenters. The Morgan fingerprint density at radius 2 is 1.86 bits per heavy atom. The lowest BCUT2D eigenvalue weighted by atomic mass is 9.95. The van der Waals surface area contributed by atoms with Gasteiger partial charge in [-0.25, -0.2) is 18.7 Å². The van der Waals surface area contributed by atoms with Gasteiger partial charge < -0.3 is 4.90 Å². The summed E-state index contributed by atoms with van der Waals surface area (Å²) in [5.74, 6) is -0.625. The van der Waals surface area contributed by atoms with Crippen molar-refractivity contribution in [3.05, 3.63) is 58.4 Å². The maximum atomic E-state index is 14.7. The third-order valence-corrected chi connectivity index (χ3v) is 7.57. The largest absolute Gasteiger partial charge is 0.341 e. The van der Waals surface area contributed by atoms with E-state index in [9.17, 15) is 8.78 Å². The molecule has 3 aliphatic rings. The van der Waals surface area contributed by atoms with Crippen molar-refractivity contribution >= 4 is 17.5 Å². The topological polar surface area (TPSA) is 63.0 Å². The maximum Gasteiger partial charge on any atom is 0.263 e. The first kappa shape index (κ1) is 22.8. The van der Waals surface area contributed by atoms with Crippen molar-refractivity contribution in [1.82, 2.24) is 29.6 Å². The number of aryl methyl sites for hydroxylation is 1. The third kappa shape index (κ3) is 4.51. The summed E-state index contributed by atoms with van der Waals surface area (Å²) in [5.41, 5.74) is 2.81. The van der Waals surface area contributed by atoms with Gasteiger partial charge >= 0.3 is 0 Å². The number of aromatic nitrogens is 5. The molecule has 1 aromatic carbocycles. The lowest BCUT2D eigenvalue weighted by molar-refractivity contribution is -0.0558. The van der Waals surface area contributed by atoms with Gasteiger partial charge in [0.15, 0.2) is 5.82 Å². The molecule has 3 aromatic rings. The van der Waals surface area contributed by atoms with Crippen LogP contribution in [0.1, 0.15) is 54.5 Å². The summed E-state index contributed by atoms with van der Waals surface area (Å²) < 4.78 is 31.5. The van der Waals surface area contributed by atoms with Crippen LogP contribution in [0.5, 0.6) is 0 Å². The molecule has 1 aliphatic carbocycles. The molecule has 0 spiro atoms. The molecule has 4 heterocycles. The quantitative estimate of drug-likeness (QED) is 0.504. The van der Waals surface area contributed by atoms with Crippen LogP contribution in [-0.4, -0.2) is 55.2 Å². The number of piperidine rings is 1. The second kappa shape index (κ2) is 8.78. The molecule has 10 heteroatoms.